The number of nitrogens with zero attached hydrogens (tertiary/aromatic N) is 2. The Labute approximate surface area is 110 Å². The maximum atomic E-state index is 13.2. The first-order chi connectivity index (χ1) is 8.56. The third-order valence-corrected chi connectivity index (χ3v) is 3.18. The summed E-state index contributed by atoms with van der Waals surface area (Å²) < 4.78 is 17.5. The maximum Gasteiger partial charge on any atom is 0.202 e. The molecule has 0 aliphatic heterocycles. The lowest BCUT2D eigenvalue weighted by molar-refractivity contribution is 0.618. The molecule has 2 aromatic rings. The van der Waals surface area contributed by atoms with Gasteiger partial charge in [-0.1, -0.05) is 13.8 Å². The SMILES string of the molecule is Cc1cc(-c2nsc(NCC(C)C)n2)ccc1F. The van der Waals surface area contributed by atoms with E-state index in [0.29, 0.717) is 17.3 Å². The molecule has 0 aliphatic rings. The zero-order valence-electron chi connectivity index (χ0n) is 10.7. The van der Waals surface area contributed by atoms with Crippen molar-refractivity contribution in [3.63, 3.8) is 0 Å². The molecule has 0 atom stereocenters. The van der Waals surface area contributed by atoms with E-state index < -0.39 is 0 Å². The molecule has 0 saturated carbocycles. The first-order valence-corrected chi connectivity index (χ1v) is 6.67. The van der Waals surface area contributed by atoms with Crippen LogP contribution in [0.1, 0.15) is 19.4 Å². The Morgan fingerprint density at radius 2 is 2.17 bits per heavy atom. The maximum absolute atomic E-state index is 13.2. The normalized spacial score (nSPS) is 10.9. The molecule has 0 bridgehead atoms. The first-order valence-electron chi connectivity index (χ1n) is 5.90. The van der Waals surface area contributed by atoms with Crippen LogP contribution in [-0.2, 0) is 0 Å². The van der Waals surface area contributed by atoms with E-state index in [9.17, 15) is 4.39 Å². The van der Waals surface area contributed by atoms with Gasteiger partial charge in [0.1, 0.15) is 5.82 Å². The van der Waals surface area contributed by atoms with Crippen molar-refractivity contribution >= 4 is 16.7 Å². The first kappa shape index (κ1) is 13.0. The second-order valence-corrected chi connectivity index (χ2v) is 5.41. The minimum Gasteiger partial charge on any atom is -0.360 e. The summed E-state index contributed by atoms with van der Waals surface area (Å²) in [5.74, 6) is 1.01. The van der Waals surface area contributed by atoms with Gasteiger partial charge < -0.3 is 5.32 Å². The molecular weight excluding hydrogens is 249 g/mol. The van der Waals surface area contributed by atoms with Crippen molar-refractivity contribution in [2.75, 3.05) is 11.9 Å². The zero-order valence-corrected chi connectivity index (χ0v) is 11.5. The van der Waals surface area contributed by atoms with Gasteiger partial charge in [-0.05, 0) is 36.6 Å². The number of aromatic nitrogens is 2. The van der Waals surface area contributed by atoms with Crippen LogP contribution >= 0.6 is 11.5 Å². The number of anilines is 1. The van der Waals surface area contributed by atoms with Crippen LogP contribution in [0.5, 0.6) is 0 Å². The molecule has 0 saturated heterocycles. The summed E-state index contributed by atoms with van der Waals surface area (Å²) in [6.07, 6.45) is 0. The molecule has 0 unspecified atom stereocenters. The zero-order chi connectivity index (χ0) is 13.1. The van der Waals surface area contributed by atoms with Gasteiger partial charge in [0.2, 0.25) is 5.13 Å². The van der Waals surface area contributed by atoms with Crippen LogP contribution in [0.15, 0.2) is 18.2 Å². The minimum atomic E-state index is -0.202. The Kier molecular flexibility index (Phi) is 3.91. The van der Waals surface area contributed by atoms with Gasteiger partial charge in [0.25, 0.3) is 0 Å². The summed E-state index contributed by atoms with van der Waals surface area (Å²) in [4.78, 5) is 4.40. The van der Waals surface area contributed by atoms with E-state index in [1.54, 1.807) is 19.1 Å². The summed E-state index contributed by atoms with van der Waals surface area (Å²) in [6.45, 7) is 6.89. The quantitative estimate of drug-likeness (QED) is 0.915. The van der Waals surface area contributed by atoms with Crippen LogP contribution in [-0.4, -0.2) is 15.9 Å². The molecule has 1 aromatic heterocycles. The number of halogens is 1. The molecule has 0 amide bonds. The molecule has 1 N–H and O–H groups in total. The molecule has 0 fully saturated rings. The number of hydrogen-bond donors (Lipinski definition) is 1. The van der Waals surface area contributed by atoms with Crippen LogP contribution < -0.4 is 5.32 Å². The molecule has 18 heavy (non-hydrogen) atoms. The summed E-state index contributed by atoms with van der Waals surface area (Å²) in [7, 11) is 0. The van der Waals surface area contributed by atoms with Crippen LogP contribution in [0.2, 0.25) is 0 Å². The van der Waals surface area contributed by atoms with E-state index >= 15 is 0 Å². The predicted octanol–water partition coefficient (Wildman–Crippen LogP) is 3.72. The highest BCUT2D eigenvalue weighted by molar-refractivity contribution is 7.09. The highest BCUT2D eigenvalue weighted by atomic mass is 32.1. The Bertz CT molecular complexity index is 537. The van der Waals surface area contributed by atoms with Crippen molar-refractivity contribution in [3.8, 4) is 11.4 Å². The highest BCUT2D eigenvalue weighted by Crippen LogP contribution is 2.23. The lowest BCUT2D eigenvalue weighted by Gasteiger charge is -2.03. The monoisotopic (exact) mass is 265 g/mol. The number of hydrogen-bond acceptors (Lipinski definition) is 4. The smallest absolute Gasteiger partial charge is 0.202 e. The Morgan fingerprint density at radius 1 is 1.39 bits per heavy atom. The van der Waals surface area contributed by atoms with Crippen molar-refractivity contribution in [1.29, 1.82) is 0 Å². The number of nitrogens with one attached hydrogen (secondary N) is 1. The van der Waals surface area contributed by atoms with Crippen LogP contribution in [0.4, 0.5) is 9.52 Å². The van der Waals surface area contributed by atoms with Crippen molar-refractivity contribution in [3.05, 3.63) is 29.6 Å². The fraction of sp³-hybridized carbons (Fsp3) is 0.385. The number of aryl methyl sites for hydroxylation is 1. The van der Waals surface area contributed by atoms with Gasteiger partial charge in [0, 0.05) is 23.6 Å². The Morgan fingerprint density at radius 3 is 2.83 bits per heavy atom. The average molecular weight is 265 g/mol. The van der Waals surface area contributed by atoms with Crippen molar-refractivity contribution < 1.29 is 4.39 Å². The van der Waals surface area contributed by atoms with E-state index in [1.165, 1.54) is 17.6 Å². The molecule has 0 spiro atoms. The van der Waals surface area contributed by atoms with Crippen LogP contribution in [0.25, 0.3) is 11.4 Å². The van der Waals surface area contributed by atoms with E-state index in [4.69, 9.17) is 0 Å². The number of benzene rings is 1. The third-order valence-electron chi connectivity index (χ3n) is 2.50. The summed E-state index contributed by atoms with van der Waals surface area (Å²) in [6, 6.07) is 4.92. The second-order valence-electron chi connectivity index (χ2n) is 4.66. The Hall–Kier alpha value is -1.49. The van der Waals surface area contributed by atoms with Crippen LogP contribution in [0.3, 0.4) is 0 Å². The van der Waals surface area contributed by atoms with Crippen molar-refractivity contribution in [2.24, 2.45) is 5.92 Å². The summed E-state index contributed by atoms with van der Waals surface area (Å²) >= 11 is 1.33. The van der Waals surface area contributed by atoms with E-state index in [0.717, 1.165) is 17.2 Å². The minimum absolute atomic E-state index is 0.202. The fourth-order valence-corrected chi connectivity index (χ4v) is 2.08. The standard InChI is InChI=1S/C13H16FN3S/c1-8(2)7-15-13-16-12(17-18-13)10-4-5-11(14)9(3)6-10/h4-6,8H,7H2,1-3H3,(H,15,16,17). The molecule has 2 rings (SSSR count). The van der Waals surface area contributed by atoms with Gasteiger partial charge in [-0.2, -0.15) is 9.36 Å². The predicted molar refractivity (Wildman–Crippen MR) is 73.4 cm³/mol. The topological polar surface area (TPSA) is 37.8 Å². The van der Waals surface area contributed by atoms with Crippen molar-refractivity contribution in [2.45, 2.75) is 20.8 Å². The summed E-state index contributed by atoms with van der Waals surface area (Å²) in [5, 5.41) is 4.04. The molecular formula is C13H16FN3S. The van der Waals surface area contributed by atoms with Gasteiger partial charge in [-0.15, -0.1) is 0 Å². The lowest BCUT2D eigenvalue weighted by atomic mass is 10.1. The van der Waals surface area contributed by atoms with E-state index in [2.05, 4.69) is 28.5 Å². The Balaban J connectivity index is 2.16. The van der Waals surface area contributed by atoms with Gasteiger partial charge in [-0.3, -0.25) is 0 Å². The molecule has 0 radical (unpaired) electrons. The third kappa shape index (κ3) is 3.04. The number of rotatable bonds is 4. The largest absolute Gasteiger partial charge is 0.360 e. The highest BCUT2D eigenvalue weighted by Gasteiger charge is 2.08. The summed E-state index contributed by atoms with van der Waals surface area (Å²) in [5.41, 5.74) is 1.46. The molecule has 1 heterocycles. The van der Waals surface area contributed by atoms with E-state index in [-0.39, 0.29) is 5.82 Å². The fourth-order valence-electron chi connectivity index (χ4n) is 1.49. The molecule has 1 aromatic carbocycles. The molecule has 5 heteroatoms. The molecule has 3 nitrogen and oxygen atoms in total. The van der Waals surface area contributed by atoms with Crippen molar-refractivity contribution in [1.82, 2.24) is 9.36 Å². The van der Waals surface area contributed by atoms with Gasteiger partial charge >= 0.3 is 0 Å². The van der Waals surface area contributed by atoms with Gasteiger partial charge in [0.15, 0.2) is 5.82 Å². The average Bonchev–Trinajstić information content (AvgIpc) is 2.79. The van der Waals surface area contributed by atoms with Gasteiger partial charge in [-0.25, -0.2) is 4.39 Å². The van der Waals surface area contributed by atoms with Gasteiger partial charge in [0.05, 0.1) is 0 Å². The van der Waals surface area contributed by atoms with Crippen LogP contribution in [0, 0.1) is 18.7 Å². The second kappa shape index (κ2) is 5.44. The molecule has 0 aliphatic carbocycles. The van der Waals surface area contributed by atoms with E-state index in [1.807, 2.05) is 0 Å². The molecule has 96 valence electrons. The lowest BCUT2D eigenvalue weighted by Crippen LogP contribution is -2.07.